The van der Waals surface area contributed by atoms with Crippen molar-refractivity contribution in [1.82, 2.24) is 10.2 Å². The Bertz CT molecular complexity index is 334. The van der Waals surface area contributed by atoms with E-state index in [1.165, 1.54) is 6.42 Å². The van der Waals surface area contributed by atoms with Crippen molar-refractivity contribution in [1.29, 1.82) is 0 Å². The maximum Gasteiger partial charge on any atom is 0.224 e. The lowest BCUT2D eigenvalue weighted by Crippen LogP contribution is -2.50. The fourth-order valence-corrected chi connectivity index (χ4v) is 2.80. The van der Waals surface area contributed by atoms with Crippen LogP contribution >= 0.6 is 0 Å². The first-order valence-electron chi connectivity index (χ1n) is 7.42. The third kappa shape index (κ3) is 4.20. The van der Waals surface area contributed by atoms with Crippen LogP contribution in [0.15, 0.2) is 0 Å². The maximum absolute atomic E-state index is 11.9. The fourth-order valence-electron chi connectivity index (χ4n) is 2.80. The first kappa shape index (κ1) is 14.3. The molecule has 2 amide bonds. The normalized spacial score (nSPS) is 21.6. The number of rotatable bonds is 5. The second-order valence-electron chi connectivity index (χ2n) is 5.93. The Labute approximate surface area is 114 Å². The van der Waals surface area contributed by atoms with Crippen LogP contribution in [-0.2, 0) is 9.59 Å². The van der Waals surface area contributed by atoms with Gasteiger partial charge in [-0.1, -0.05) is 0 Å². The molecule has 1 saturated carbocycles. The van der Waals surface area contributed by atoms with Crippen LogP contribution in [0, 0.1) is 0 Å². The Morgan fingerprint density at radius 3 is 2.37 bits per heavy atom. The van der Waals surface area contributed by atoms with Gasteiger partial charge in [-0.3, -0.25) is 9.59 Å². The summed E-state index contributed by atoms with van der Waals surface area (Å²) in [5, 5.41) is 2.81. The highest BCUT2D eigenvalue weighted by Gasteiger charge is 2.34. The molecule has 0 aromatic carbocycles. The molecule has 0 radical (unpaired) electrons. The summed E-state index contributed by atoms with van der Waals surface area (Å²) in [7, 11) is 0. The quantitative estimate of drug-likeness (QED) is 0.773. The molecule has 1 heterocycles. The molecule has 1 aliphatic carbocycles. The van der Waals surface area contributed by atoms with Crippen LogP contribution in [0.2, 0.25) is 0 Å². The van der Waals surface area contributed by atoms with Crippen LogP contribution in [0.25, 0.3) is 0 Å². The molecule has 0 unspecified atom stereocenters. The minimum atomic E-state index is -0.277. The van der Waals surface area contributed by atoms with Crippen molar-refractivity contribution >= 4 is 11.8 Å². The van der Waals surface area contributed by atoms with Crippen molar-refractivity contribution in [3.63, 3.8) is 0 Å². The first-order valence-corrected chi connectivity index (χ1v) is 7.42. The van der Waals surface area contributed by atoms with Gasteiger partial charge >= 0.3 is 0 Å². The number of carbonyl (C=O) groups excluding carboxylic acids is 2. The Balaban J connectivity index is 1.60. The molecule has 0 bridgehead atoms. The van der Waals surface area contributed by atoms with Gasteiger partial charge < -0.3 is 16.0 Å². The number of piperidine rings is 1. The van der Waals surface area contributed by atoms with Gasteiger partial charge in [0.25, 0.3) is 0 Å². The van der Waals surface area contributed by atoms with Crippen molar-refractivity contribution in [3.05, 3.63) is 0 Å². The maximum atomic E-state index is 11.9. The molecule has 0 aromatic heterocycles. The Morgan fingerprint density at radius 1 is 1.11 bits per heavy atom. The molecule has 2 fully saturated rings. The number of likely N-dealkylation sites (tertiary alicyclic amines) is 1. The van der Waals surface area contributed by atoms with Gasteiger partial charge in [0.2, 0.25) is 11.8 Å². The van der Waals surface area contributed by atoms with Crippen LogP contribution in [0.3, 0.4) is 0 Å². The Kier molecular flexibility index (Phi) is 4.80. The van der Waals surface area contributed by atoms with E-state index in [0.29, 0.717) is 19.4 Å². The zero-order valence-electron chi connectivity index (χ0n) is 11.6. The molecular weight excluding hydrogens is 242 g/mol. The number of nitrogens with one attached hydrogen (secondary N) is 1. The zero-order valence-corrected chi connectivity index (χ0v) is 11.6. The van der Waals surface area contributed by atoms with Crippen molar-refractivity contribution < 1.29 is 9.59 Å². The third-order valence-electron chi connectivity index (χ3n) is 4.23. The van der Waals surface area contributed by atoms with E-state index in [2.05, 4.69) is 5.32 Å². The minimum absolute atomic E-state index is 0.0198. The van der Waals surface area contributed by atoms with E-state index in [0.717, 1.165) is 45.2 Å². The summed E-state index contributed by atoms with van der Waals surface area (Å²) >= 11 is 0. The molecule has 2 rings (SSSR count). The molecule has 0 aromatic rings. The predicted molar refractivity (Wildman–Crippen MR) is 73.4 cm³/mol. The molecule has 1 aliphatic heterocycles. The van der Waals surface area contributed by atoms with Crippen LogP contribution in [0.4, 0.5) is 0 Å². The average molecular weight is 267 g/mol. The highest BCUT2D eigenvalue weighted by molar-refractivity contribution is 5.79. The van der Waals surface area contributed by atoms with E-state index < -0.39 is 0 Å². The smallest absolute Gasteiger partial charge is 0.224 e. The van der Waals surface area contributed by atoms with E-state index in [1.54, 1.807) is 0 Å². The summed E-state index contributed by atoms with van der Waals surface area (Å²) in [6, 6.07) is 0. The molecule has 1 saturated heterocycles. The van der Waals surface area contributed by atoms with E-state index in [4.69, 9.17) is 5.73 Å². The van der Waals surface area contributed by atoms with Crippen molar-refractivity contribution in [3.8, 4) is 0 Å². The number of nitrogens with zero attached hydrogens (tertiary/aromatic N) is 1. The Morgan fingerprint density at radius 2 is 1.79 bits per heavy atom. The van der Waals surface area contributed by atoms with Gasteiger partial charge in [0.05, 0.1) is 0 Å². The van der Waals surface area contributed by atoms with Gasteiger partial charge in [0, 0.05) is 38.0 Å². The predicted octanol–water partition coefficient (Wildman–Crippen LogP) is 0.777. The molecule has 0 spiro atoms. The largest absolute Gasteiger partial charge is 0.356 e. The highest BCUT2D eigenvalue weighted by Crippen LogP contribution is 2.31. The molecule has 2 aliphatic rings. The number of hydrogen-bond acceptors (Lipinski definition) is 3. The summed E-state index contributed by atoms with van der Waals surface area (Å²) in [5.74, 6) is 0.139. The molecule has 3 N–H and O–H groups in total. The first-order chi connectivity index (χ1) is 9.09. The van der Waals surface area contributed by atoms with E-state index in [-0.39, 0.29) is 17.4 Å². The number of nitrogens with two attached hydrogens (primary N) is 1. The summed E-state index contributed by atoms with van der Waals surface area (Å²) < 4.78 is 0. The lowest BCUT2D eigenvalue weighted by molar-refractivity contribution is -0.132. The summed E-state index contributed by atoms with van der Waals surface area (Å²) in [6.07, 6.45) is 7.23. The Hall–Kier alpha value is -1.10. The minimum Gasteiger partial charge on any atom is -0.356 e. The van der Waals surface area contributed by atoms with E-state index in [1.807, 2.05) is 4.90 Å². The SMILES string of the molecule is NC1(CC(=O)NCCC(=O)N2CCCCC2)CCC1. The highest BCUT2D eigenvalue weighted by atomic mass is 16.2. The van der Waals surface area contributed by atoms with Gasteiger partial charge in [0.1, 0.15) is 0 Å². The van der Waals surface area contributed by atoms with Gasteiger partial charge in [-0.15, -0.1) is 0 Å². The lowest BCUT2D eigenvalue weighted by atomic mass is 9.75. The van der Waals surface area contributed by atoms with Crippen LogP contribution < -0.4 is 11.1 Å². The number of carbonyl (C=O) groups is 2. The molecule has 19 heavy (non-hydrogen) atoms. The topological polar surface area (TPSA) is 75.4 Å². The van der Waals surface area contributed by atoms with E-state index in [9.17, 15) is 9.59 Å². The molecule has 5 heteroatoms. The van der Waals surface area contributed by atoms with Crippen molar-refractivity contribution in [2.24, 2.45) is 5.73 Å². The second kappa shape index (κ2) is 6.37. The second-order valence-corrected chi connectivity index (χ2v) is 5.93. The van der Waals surface area contributed by atoms with Crippen LogP contribution in [0.1, 0.15) is 51.4 Å². The average Bonchev–Trinajstić information content (AvgIpc) is 2.37. The monoisotopic (exact) mass is 267 g/mol. The third-order valence-corrected chi connectivity index (χ3v) is 4.23. The van der Waals surface area contributed by atoms with Gasteiger partial charge in [-0.2, -0.15) is 0 Å². The lowest BCUT2D eigenvalue weighted by Gasteiger charge is -2.37. The van der Waals surface area contributed by atoms with Gasteiger partial charge in [-0.05, 0) is 38.5 Å². The van der Waals surface area contributed by atoms with Crippen LogP contribution in [-0.4, -0.2) is 41.9 Å². The summed E-state index contributed by atoms with van der Waals surface area (Å²) in [5.41, 5.74) is 5.74. The van der Waals surface area contributed by atoms with E-state index >= 15 is 0 Å². The molecule has 0 atom stereocenters. The summed E-state index contributed by atoms with van der Waals surface area (Å²) in [4.78, 5) is 25.5. The molecule has 5 nitrogen and oxygen atoms in total. The van der Waals surface area contributed by atoms with Gasteiger partial charge in [-0.25, -0.2) is 0 Å². The molecular formula is C14H25N3O2. The van der Waals surface area contributed by atoms with Crippen molar-refractivity contribution in [2.75, 3.05) is 19.6 Å². The summed E-state index contributed by atoms with van der Waals surface area (Å²) in [6.45, 7) is 2.18. The standard InChI is InChI=1S/C14H25N3O2/c15-14(6-4-7-14)11-12(18)16-8-5-13(19)17-9-2-1-3-10-17/h1-11,15H2,(H,16,18). The van der Waals surface area contributed by atoms with Crippen LogP contribution in [0.5, 0.6) is 0 Å². The fraction of sp³-hybridized carbons (Fsp3) is 0.857. The number of amides is 2. The zero-order chi connectivity index (χ0) is 13.7. The molecule has 108 valence electrons. The number of hydrogen-bond donors (Lipinski definition) is 2. The van der Waals surface area contributed by atoms with Crippen molar-refractivity contribution in [2.45, 2.75) is 56.9 Å². The van der Waals surface area contributed by atoms with Gasteiger partial charge in [0.15, 0.2) is 0 Å².